The number of hydrogen-bond acceptors (Lipinski definition) is 5. The molecule has 0 saturated heterocycles. The fourth-order valence-electron chi connectivity index (χ4n) is 2.10. The van der Waals surface area contributed by atoms with Crippen molar-refractivity contribution in [2.45, 2.75) is 25.7 Å². The Morgan fingerprint density at radius 3 is 2.88 bits per heavy atom. The SMILES string of the molecule is Nc1ccc(OCCC2CCC2)c2nonc12. The molecule has 90 valence electrons. The second kappa shape index (κ2) is 4.24. The number of benzene rings is 1. The maximum atomic E-state index is 5.76. The van der Waals surface area contributed by atoms with Crippen molar-refractivity contribution in [3.63, 3.8) is 0 Å². The van der Waals surface area contributed by atoms with E-state index in [1.54, 1.807) is 6.07 Å². The monoisotopic (exact) mass is 233 g/mol. The third-order valence-corrected chi connectivity index (χ3v) is 3.42. The average Bonchev–Trinajstić information content (AvgIpc) is 2.74. The molecule has 1 aromatic heterocycles. The minimum atomic E-state index is 0.563. The van der Waals surface area contributed by atoms with Crippen LogP contribution in [-0.4, -0.2) is 16.9 Å². The maximum absolute atomic E-state index is 5.76. The summed E-state index contributed by atoms with van der Waals surface area (Å²) in [5, 5.41) is 7.58. The lowest BCUT2D eigenvalue weighted by Gasteiger charge is -2.24. The average molecular weight is 233 g/mol. The highest BCUT2D eigenvalue weighted by Gasteiger charge is 2.17. The van der Waals surface area contributed by atoms with E-state index in [0.29, 0.717) is 22.5 Å². The van der Waals surface area contributed by atoms with Crippen molar-refractivity contribution in [1.29, 1.82) is 0 Å². The molecule has 3 rings (SSSR count). The first-order valence-corrected chi connectivity index (χ1v) is 5.98. The second-order valence-corrected chi connectivity index (χ2v) is 4.55. The Kier molecular flexibility index (Phi) is 2.59. The van der Waals surface area contributed by atoms with Gasteiger partial charge in [0.25, 0.3) is 0 Å². The number of hydrogen-bond donors (Lipinski definition) is 1. The molecule has 0 spiro atoms. The lowest BCUT2D eigenvalue weighted by atomic mass is 9.83. The lowest BCUT2D eigenvalue weighted by Crippen LogP contribution is -2.14. The van der Waals surface area contributed by atoms with E-state index in [-0.39, 0.29) is 0 Å². The lowest BCUT2D eigenvalue weighted by molar-refractivity contribution is 0.222. The molecular formula is C12H15N3O2. The van der Waals surface area contributed by atoms with Crippen molar-refractivity contribution < 1.29 is 9.37 Å². The molecule has 2 aromatic rings. The highest BCUT2D eigenvalue weighted by molar-refractivity contribution is 5.90. The van der Waals surface area contributed by atoms with Gasteiger partial charge in [-0.15, -0.1) is 0 Å². The number of nitrogen functional groups attached to an aromatic ring is 1. The van der Waals surface area contributed by atoms with E-state index in [4.69, 9.17) is 10.5 Å². The van der Waals surface area contributed by atoms with Gasteiger partial charge in [-0.3, -0.25) is 0 Å². The molecule has 0 bridgehead atoms. The third-order valence-electron chi connectivity index (χ3n) is 3.42. The first-order valence-electron chi connectivity index (χ1n) is 5.98. The van der Waals surface area contributed by atoms with E-state index in [0.717, 1.165) is 18.9 Å². The van der Waals surface area contributed by atoms with Crippen molar-refractivity contribution in [3.05, 3.63) is 12.1 Å². The van der Waals surface area contributed by atoms with Gasteiger partial charge in [-0.2, -0.15) is 0 Å². The Hall–Kier alpha value is -1.78. The molecule has 0 atom stereocenters. The van der Waals surface area contributed by atoms with Crippen LogP contribution in [0.5, 0.6) is 5.75 Å². The number of anilines is 1. The van der Waals surface area contributed by atoms with Crippen LogP contribution in [0, 0.1) is 5.92 Å². The Morgan fingerprint density at radius 2 is 2.12 bits per heavy atom. The quantitative estimate of drug-likeness (QED) is 0.820. The van der Waals surface area contributed by atoms with E-state index >= 15 is 0 Å². The van der Waals surface area contributed by atoms with E-state index in [9.17, 15) is 0 Å². The molecule has 0 unspecified atom stereocenters. The summed E-state index contributed by atoms with van der Waals surface area (Å²) in [6.07, 6.45) is 5.15. The zero-order valence-electron chi connectivity index (χ0n) is 9.56. The zero-order chi connectivity index (χ0) is 11.7. The molecule has 0 aliphatic heterocycles. The van der Waals surface area contributed by atoms with Crippen LogP contribution < -0.4 is 10.5 Å². The molecule has 1 aliphatic carbocycles. The summed E-state index contributed by atoms with van der Waals surface area (Å²) in [5.41, 5.74) is 7.51. The molecule has 1 saturated carbocycles. The number of nitrogens with zero attached hydrogens (tertiary/aromatic N) is 2. The topological polar surface area (TPSA) is 74.2 Å². The van der Waals surface area contributed by atoms with Crippen molar-refractivity contribution in [2.24, 2.45) is 5.92 Å². The predicted octanol–water partition coefficient (Wildman–Crippen LogP) is 2.37. The summed E-state index contributed by atoms with van der Waals surface area (Å²) in [5.74, 6) is 1.55. The number of nitrogens with two attached hydrogens (primary N) is 1. The van der Waals surface area contributed by atoms with Crippen LogP contribution in [-0.2, 0) is 0 Å². The standard InChI is InChI=1S/C12H15N3O2/c13-9-4-5-10(12-11(9)14-17-15-12)16-7-6-8-2-1-3-8/h4-5,8H,1-3,6-7,13H2. The first-order chi connectivity index (χ1) is 8.34. The smallest absolute Gasteiger partial charge is 0.179 e. The van der Waals surface area contributed by atoms with Gasteiger partial charge in [-0.05, 0) is 34.8 Å². The van der Waals surface area contributed by atoms with Crippen LogP contribution in [0.1, 0.15) is 25.7 Å². The molecule has 1 heterocycles. The number of fused-ring (bicyclic) bond motifs is 1. The Labute approximate surface area is 98.9 Å². The second-order valence-electron chi connectivity index (χ2n) is 4.55. The third kappa shape index (κ3) is 1.92. The number of ether oxygens (including phenoxy) is 1. The normalized spacial score (nSPS) is 16.0. The van der Waals surface area contributed by atoms with Crippen LogP contribution in [0.15, 0.2) is 16.8 Å². The summed E-state index contributed by atoms with van der Waals surface area (Å²) < 4.78 is 10.4. The van der Waals surface area contributed by atoms with Gasteiger partial charge in [-0.1, -0.05) is 19.3 Å². The predicted molar refractivity (Wildman–Crippen MR) is 63.7 cm³/mol. The molecule has 5 heteroatoms. The van der Waals surface area contributed by atoms with Gasteiger partial charge in [-0.25, -0.2) is 4.63 Å². The number of aromatic nitrogens is 2. The molecular weight excluding hydrogens is 218 g/mol. The summed E-state index contributed by atoms with van der Waals surface area (Å²) in [6.45, 7) is 0.719. The van der Waals surface area contributed by atoms with E-state index in [1.807, 2.05) is 6.07 Å². The largest absolute Gasteiger partial charge is 0.491 e. The molecule has 17 heavy (non-hydrogen) atoms. The fourth-order valence-corrected chi connectivity index (χ4v) is 2.10. The highest BCUT2D eigenvalue weighted by Crippen LogP contribution is 2.31. The maximum Gasteiger partial charge on any atom is 0.179 e. The van der Waals surface area contributed by atoms with Crippen LogP contribution in [0.2, 0.25) is 0 Å². The van der Waals surface area contributed by atoms with Crippen molar-refractivity contribution in [3.8, 4) is 5.75 Å². The molecule has 2 N–H and O–H groups in total. The molecule has 0 amide bonds. The minimum Gasteiger partial charge on any atom is -0.491 e. The van der Waals surface area contributed by atoms with E-state index < -0.39 is 0 Å². The first kappa shape index (κ1) is 10.4. The molecule has 1 aliphatic rings. The van der Waals surface area contributed by atoms with E-state index in [2.05, 4.69) is 14.9 Å². The van der Waals surface area contributed by atoms with Gasteiger partial charge in [0.05, 0.1) is 12.3 Å². The van der Waals surface area contributed by atoms with Gasteiger partial charge >= 0.3 is 0 Å². The summed E-state index contributed by atoms with van der Waals surface area (Å²) >= 11 is 0. The molecule has 0 radical (unpaired) electrons. The summed E-state index contributed by atoms with van der Waals surface area (Å²) in [4.78, 5) is 0. The molecule has 1 aromatic carbocycles. The van der Waals surface area contributed by atoms with Gasteiger partial charge < -0.3 is 10.5 Å². The Bertz CT molecular complexity index is 519. The van der Waals surface area contributed by atoms with Crippen molar-refractivity contribution >= 4 is 16.7 Å². The van der Waals surface area contributed by atoms with Gasteiger partial charge in [0, 0.05) is 0 Å². The minimum absolute atomic E-state index is 0.563. The van der Waals surface area contributed by atoms with Crippen LogP contribution in [0.3, 0.4) is 0 Å². The van der Waals surface area contributed by atoms with Crippen LogP contribution in [0.25, 0.3) is 11.0 Å². The number of rotatable bonds is 4. The zero-order valence-corrected chi connectivity index (χ0v) is 9.56. The summed E-state index contributed by atoms with van der Waals surface area (Å²) in [7, 11) is 0. The van der Waals surface area contributed by atoms with E-state index in [1.165, 1.54) is 19.3 Å². The fraction of sp³-hybridized carbons (Fsp3) is 0.500. The van der Waals surface area contributed by atoms with Crippen LogP contribution >= 0.6 is 0 Å². The van der Waals surface area contributed by atoms with Gasteiger partial charge in [0.1, 0.15) is 0 Å². The highest BCUT2D eigenvalue weighted by atomic mass is 16.6. The molecule has 1 fully saturated rings. The van der Waals surface area contributed by atoms with Crippen molar-refractivity contribution in [2.75, 3.05) is 12.3 Å². The summed E-state index contributed by atoms with van der Waals surface area (Å²) in [6, 6.07) is 3.59. The van der Waals surface area contributed by atoms with Gasteiger partial charge in [0.15, 0.2) is 16.8 Å². The van der Waals surface area contributed by atoms with Gasteiger partial charge in [0.2, 0.25) is 0 Å². The molecule has 5 nitrogen and oxygen atoms in total. The Balaban J connectivity index is 1.71. The Morgan fingerprint density at radius 1 is 1.29 bits per heavy atom. The van der Waals surface area contributed by atoms with Crippen LogP contribution in [0.4, 0.5) is 5.69 Å². The van der Waals surface area contributed by atoms with Crippen molar-refractivity contribution in [1.82, 2.24) is 10.3 Å².